The Hall–Kier alpha value is -4.22. The van der Waals surface area contributed by atoms with E-state index in [1.165, 1.54) is 0 Å². The van der Waals surface area contributed by atoms with Crippen molar-refractivity contribution in [3.63, 3.8) is 0 Å². The summed E-state index contributed by atoms with van der Waals surface area (Å²) in [5.74, 6) is -1.02. The highest BCUT2D eigenvalue weighted by Crippen LogP contribution is 2.49. The van der Waals surface area contributed by atoms with Crippen LogP contribution in [0.5, 0.6) is 0 Å². The van der Waals surface area contributed by atoms with Crippen LogP contribution in [0.4, 0.5) is 17.1 Å². The molecule has 2 aliphatic carbocycles. The predicted octanol–water partition coefficient (Wildman–Crippen LogP) is 5.24. The van der Waals surface area contributed by atoms with Gasteiger partial charge in [0.25, 0.3) is 17.1 Å². The first kappa shape index (κ1) is 24.9. The maximum absolute atomic E-state index is 13.1. The Balaban J connectivity index is 1.82. The molecule has 3 atom stereocenters. The van der Waals surface area contributed by atoms with Gasteiger partial charge in [0.2, 0.25) is 0 Å². The SMILES string of the molecule is CC(C)[C@@H]1CC[C@@H](C)C[C@H]1OC(=O)c1cc2c(c([N+](=O)[O-])c1)-c1c(cc([N+](=O)[O-])cc1[N+](=O)[O-])C2=O. The summed E-state index contributed by atoms with van der Waals surface area (Å²) >= 11 is 0. The summed E-state index contributed by atoms with van der Waals surface area (Å²) in [4.78, 5) is 58.5. The molecule has 0 N–H and O–H groups in total. The van der Waals surface area contributed by atoms with Crippen molar-refractivity contribution in [3.05, 3.63) is 71.3 Å². The van der Waals surface area contributed by atoms with Crippen molar-refractivity contribution in [1.82, 2.24) is 0 Å². The van der Waals surface area contributed by atoms with Gasteiger partial charge in [-0.15, -0.1) is 0 Å². The van der Waals surface area contributed by atoms with Crippen molar-refractivity contribution in [3.8, 4) is 11.1 Å². The highest BCUT2D eigenvalue weighted by atomic mass is 16.6. The van der Waals surface area contributed by atoms with Gasteiger partial charge in [0.1, 0.15) is 6.10 Å². The van der Waals surface area contributed by atoms with Crippen LogP contribution in [-0.4, -0.2) is 32.6 Å². The fourth-order valence-corrected chi connectivity index (χ4v) is 5.23. The lowest BCUT2D eigenvalue weighted by Crippen LogP contribution is -2.35. The number of hydrogen-bond donors (Lipinski definition) is 0. The molecule has 0 bridgehead atoms. The Bertz CT molecular complexity index is 1330. The molecule has 2 aliphatic rings. The van der Waals surface area contributed by atoms with E-state index in [0.29, 0.717) is 18.4 Å². The molecule has 12 nitrogen and oxygen atoms in total. The van der Waals surface area contributed by atoms with Gasteiger partial charge in [-0.2, -0.15) is 0 Å². The zero-order chi connectivity index (χ0) is 26.5. The summed E-state index contributed by atoms with van der Waals surface area (Å²) in [5, 5.41) is 34.9. The van der Waals surface area contributed by atoms with Gasteiger partial charge in [-0.25, -0.2) is 4.79 Å². The van der Waals surface area contributed by atoms with Crippen molar-refractivity contribution in [2.24, 2.45) is 17.8 Å². The molecule has 4 rings (SSSR count). The van der Waals surface area contributed by atoms with E-state index in [9.17, 15) is 39.9 Å². The van der Waals surface area contributed by atoms with Crippen molar-refractivity contribution >= 4 is 28.8 Å². The molecule has 188 valence electrons. The molecule has 2 aromatic carbocycles. The van der Waals surface area contributed by atoms with Crippen LogP contribution in [0.25, 0.3) is 11.1 Å². The lowest BCUT2D eigenvalue weighted by Gasteiger charge is -2.36. The number of nitro groups is 3. The lowest BCUT2D eigenvalue weighted by atomic mass is 9.75. The second-order valence-electron chi connectivity index (χ2n) is 9.68. The number of esters is 1. The zero-order valence-electron chi connectivity index (χ0n) is 19.8. The van der Waals surface area contributed by atoms with Crippen LogP contribution in [0.2, 0.25) is 0 Å². The van der Waals surface area contributed by atoms with E-state index in [4.69, 9.17) is 4.74 Å². The third-order valence-corrected chi connectivity index (χ3v) is 7.02. The topological polar surface area (TPSA) is 173 Å². The Morgan fingerprint density at radius 2 is 1.50 bits per heavy atom. The number of fused-ring (bicyclic) bond motifs is 3. The minimum absolute atomic E-state index is 0.114. The van der Waals surface area contributed by atoms with Crippen LogP contribution in [0, 0.1) is 48.1 Å². The molecule has 0 saturated heterocycles. The van der Waals surface area contributed by atoms with Crippen molar-refractivity contribution in [2.45, 2.75) is 46.1 Å². The van der Waals surface area contributed by atoms with Crippen LogP contribution in [0.15, 0.2) is 24.3 Å². The normalized spacial score (nSPS) is 20.6. The number of nitrogens with zero attached hydrogens (tertiary/aromatic N) is 3. The number of hydrogen-bond acceptors (Lipinski definition) is 9. The minimum atomic E-state index is -0.934. The first-order chi connectivity index (χ1) is 16.9. The maximum Gasteiger partial charge on any atom is 0.338 e. The Morgan fingerprint density at radius 1 is 0.917 bits per heavy atom. The summed E-state index contributed by atoms with van der Waals surface area (Å²) in [6.07, 6.45) is 2.11. The van der Waals surface area contributed by atoms with E-state index in [2.05, 4.69) is 6.92 Å². The predicted molar refractivity (Wildman–Crippen MR) is 126 cm³/mol. The molecule has 36 heavy (non-hydrogen) atoms. The summed E-state index contributed by atoms with van der Waals surface area (Å²) in [6.45, 7) is 6.12. The second-order valence-corrected chi connectivity index (χ2v) is 9.68. The average Bonchev–Trinajstić information content (AvgIpc) is 3.09. The van der Waals surface area contributed by atoms with Crippen molar-refractivity contribution < 1.29 is 29.1 Å². The summed E-state index contributed by atoms with van der Waals surface area (Å²) in [5.41, 5.74) is -3.87. The Morgan fingerprint density at radius 3 is 2.06 bits per heavy atom. The van der Waals surface area contributed by atoms with Gasteiger partial charge in [-0.3, -0.25) is 35.1 Å². The highest BCUT2D eigenvalue weighted by Gasteiger charge is 2.42. The standard InChI is InChI=1S/C24H23N3O9/c1-11(2)15-5-4-12(3)6-20(15)36-24(29)13-7-16-21(18(8-13)26(32)33)22-17(23(16)28)9-14(25(30)31)10-19(22)27(34)35/h7-12,15,20H,4-6H2,1-3H3/t12-,15+,20-/m1/s1. The van der Waals surface area contributed by atoms with Gasteiger partial charge >= 0.3 is 5.97 Å². The third-order valence-electron chi connectivity index (χ3n) is 7.02. The van der Waals surface area contributed by atoms with Gasteiger partial charge in [0.15, 0.2) is 5.78 Å². The lowest BCUT2D eigenvalue weighted by molar-refractivity contribution is -0.394. The highest BCUT2D eigenvalue weighted by molar-refractivity contribution is 6.25. The minimum Gasteiger partial charge on any atom is -0.458 e. The smallest absolute Gasteiger partial charge is 0.338 e. The number of nitro benzene ring substituents is 3. The molecule has 1 saturated carbocycles. The van der Waals surface area contributed by atoms with Crippen LogP contribution in [0.3, 0.4) is 0 Å². The van der Waals surface area contributed by atoms with Crippen LogP contribution in [0.1, 0.15) is 66.3 Å². The van der Waals surface area contributed by atoms with Crippen molar-refractivity contribution in [2.75, 3.05) is 0 Å². The van der Waals surface area contributed by atoms with E-state index in [-0.39, 0.29) is 34.1 Å². The van der Waals surface area contributed by atoms with Gasteiger partial charge in [0.05, 0.1) is 37.5 Å². The number of ketones is 1. The monoisotopic (exact) mass is 497 g/mol. The van der Waals surface area contributed by atoms with Gasteiger partial charge in [-0.05, 0) is 36.7 Å². The number of rotatable bonds is 6. The maximum atomic E-state index is 13.1. The molecule has 0 aliphatic heterocycles. The van der Waals surface area contributed by atoms with Gasteiger partial charge < -0.3 is 4.74 Å². The first-order valence-electron chi connectivity index (χ1n) is 11.5. The number of carbonyl (C=O) groups excluding carboxylic acids is 2. The quantitative estimate of drug-likeness (QED) is 0.250. The summed E-state index contributed by atoms with van der Waals surface area (Å²) in [6, 6.07) is 3.55. The molecule has 0 unspecified atom stereocenters. The fourth-order valence-electron chi connectivity index (χ4n) is 5.23. The second kappa shape index (κ2) is 9.10. The number of ether oxygens (including phenoxy) is 1. The Labute approximate surface area is 204 Å². The molecular formula is C24H23N3O9. The zero-order valence-corrected chi connectivity index (χ0v) is 19.8. The molecule has 0 heterocycles. The van der Waals surface area contributed by atoms with Crippen LogP contribution < -0.4 is 0 Å². The van der Waals surface area contributed by atoms with E-state index in [0.717, 1.165) is 31.0 Å². The largest absolute Gasteiger partial charge is 0.458 e. The molecule has 1 fully saturated rings. The van der Waals surface area contributed by atoms with Gasteiger partial charge in [-0.1, -0.05) is 27.2 Å². The van der Waals surface area contributed by atoms with E-state index < -0.39 is 55.3 Å². The summed E-state index contributed by atoms with van der Waals surface area (Å²) < 4.78 is 5.77. The number of carbonyl (C=O) groups is 2. The van der Waals surface area contributed by atoms with Gasteiger partial charge in [0, 0.05) is 23.3 Å². The van der Waals surface area contributed by atoms with E-state index >= 15 is 0 Å². The fraction of sp³-hybridized carbons (Fsp3) is 0.417. The van der Waals surface area contributed by atoms with E-state index in [1.54, 1.807) is 0 Å². The molecule has 0 radical (unpaired) electrons. The van der Waals surface area contributed by atoms with Crippen LogP contribution in [-0.2, 0) is 4.74 Å². The number of benzene rings is 2. The molecule has 0 aromatic heterocycles. The number of non-ortho nitro benzene ring substituents is 1. The molecule has 0 spiro atoms. The van der Waals surface area contributed by atoms with Crippen molar-refractivity contribution in [1.29, 1.82) is 0 Å². The average molecular weight is 497 g/mol. The molecule has 0 amide bonds. The Kier molecular flexibility index (Phi) is 6.29. The third kappa shape index (κ3) is 4.18. The first-order valence-corrected chi connectivity index (χ1v) is 11.5. The molecule has 2 aromatic rings. The summed E-state index contributed by atoms with van der Waals surface area (Å²) in [7, 11) is 0. The van der Waals surface area contributed by atoms with E-state index in [1.807, 2.05) is 13.8 Å². The molecular weight excluding hydrogens is 474 g/mol. The molecule has 12 heteroatoms. The van der Waals surface area contributed by atoms with Crippen LogP contribution >= 0.6 is 0 Å².